The van der Waals surface area contributed by atoms with Crippen molar-refractivity contribution in [2.24, 2.45) is 0 Å². The van der Waals surface area contributed by atoms with E-state index in [9.17, 15) is 0 Å². The molecule has 0 amide bonds. The summed E-state index contributed by atoms with van der Waals surface area (Å²) in [7, 11) is 0. The molecule has 3 aromatic rings. The molecular weight excluding hydrogens is 256 g/mol. The van der Waals surface area contributed by atoms with Gasteiger partial charge < -0.3 is 9.73 Å². The van der Waals surface area contributed by atoms with Crippen LogP contribution in [0.15, 0.2) is 47.1 Å². The van der Waals surface area contributed by atoms with Gasteiger partial charge in [-0.3, -0.25) is 0 Å². The van der Waals surface area contributed by atoms with Crippen molar-refractivity contribution in [2.45, 2.75) is 6.54 Å². The smallest absolute Gasteiger partial charge is 0.203 e. The number of tetrazole rings is 1. The zero-order chi connectivity index (χ0) is 13.8. The second kappa shape index (κ2) is 5.24. The lowest BCUT2D eigenvalue weighted by atomic mass is 10.2. The first kappa shape index (κ1) is 11.9. The predicted molar refractivity (Wildman–Crippen MR) is 69.9 cm³/mol. The molecule has 1 aromatic carbocycles. The van der Waals surface area contributed by atoms with Gasteiger partial charge in [0.1, 0.15) is 18.2 Å². The highest BCUT2D eigenvalue weighted by Gasteiger charge is 2.06. The van der Waals surface area contributed by atoms with E-state index in [2.05, 4.69) is 20.8 Å². The van der Waals surface area contributed by atoms with Crippen LogP contribution in [0.4, 0.5) is 5.69 Å². The molecule has 0 bridgehead atoms. The summed E-state index contributed by atoms with van der Waals surface area (Å²) in [5.74, 6) is 0.989. The van der Waals surface area contributed by atoms with E-state index in [-0.39, 0.29) is 0 Å². The first-order valence-electron chi connectivity index (χ1n) is 5.92. The third-order valence-corrected chi connectivity index (χ3v) is 2.72. The van der Waals surface area contributed by atoms with Gasteiger partial charge in [0.2, 0.25) is 5.76 Å². The molecule has 0 unspecified atom stereocenters. The largest absolute Gasteiger partial charge is 0.449 e. The van der Waals surface area contributed by atoms with Crippen LogP contribution in [0.3, 0.4) is 0 Å². The fourth-order valence-corrected chi connectivity index (χ4v) is 1.81. The molecule has 7 nitrogen and oxygen atoms in total. The molecule has 0 aliphatic rings. The lowest BCUT2D eigenvalue weighted by molar-refractivity contribution is 0.506. The second-order valence-corrected chi connectivity index (χ2v) is 4.00. The van der Waals surface area contributed by atoms with Gasteiger partial charge in [-0.15, -0.1) is 5.10 Å². The van der Waals surface area contributed by atoms with Gasteiger partial charge in [-0.05, 0) is 34.7 Å². The Morgan fingerprint density at radius 1 is 1.25 bits per heavy atom. The van der Waals surface area contributed by atoms with Gasteiger partial charge in [-0.1, -0.05) is 12.1 Å². The number of nitrogens with one attached hydrogen (secondary N) is 1. The lowest BCUT2D eigenvalue weighted by Crippen LogP contribution is -2.04. The average Bonchev–Trinajstić information content (AvgIpc) is 3.17. The summed E-state index contributed by atoms with van der Waals surface area (Å²) in [6, 6.07) is 13.0. The molecule has 20 heavy (non-hydrogen) atoms. The van der Waals surface area contributed by atoms with Crippen LogP contribution in [0.25, 0.3) is 5.69 Å². The second-order valence-electron chi connectivity index (χ2n) is 4.00. The summed E-state index contributed by atoms with van der Waals surface area (Å²) in [4.78, 5) is 0. The van der Waals surface area contributed by atoms with Gasteiger partial charge in [0.05, 0.1) is 17.9 Å². The van der Waals surface area contributed by atoms with Gasteiger partial charge in [-0.2, -0.15) is 9.94 Å². The minimum absolute atomic E-state index is 0.301. The van der Waals surface area contributed by atoms with Crippen molar-refractivity contribution >= 4 is 5.69 Å². The Kier molecular flexibility index (Phi) is 3.12. The number of furan rings is 1. The van der Waals surface area contributed by atoms with Crippen molar-refractivity contribution in [1.29, 1.82) is 5.26 Å². The monoisotopic (exact) mass is 266 g/mol. The van der Waals surface area contributed by atoms with E-state index >= 15 is 0 Å². The minimum atomic E-state index is 0.301. The normalized spacial score (nSPS) is 10.2. The Morgan fingerprint density at radius 2 is 2.15 bits per heavy atom. The van der Waals surface area contributed by atoms with Crippen LogP contribution in [-0.4, -0.2) is 20.2 Å². The summed E-state index contributed by atoms with van der Waals surface area (Å²) in [5, 5.41) is 23.1. The highest BCUT2D eigenvalue weighted by atomic mass is 16.3. The van der Waals surface area contributed by atoms with E-state index in [0.717, 1.165) is 11.4 Å². The molecule has 1 N–H and O–H groups in total. The summed E-state index contributed by atoms with van der Waals surface area (Å²) in [5.41, 5.74) is 1.71. The quantitative estimate of drug-likeness (QED) is 0.773. The van der Waals surface area contributed by atoms with Crippen LogP contribution < -0.4 is 5.32 Å². The van der Waals surface area contributed by atoms with Gasteiger partial charge >= 0.3 is 0 Å². The van der Waals surface area contributed by atoms with Crippen LogP contribution in [0.5, 0.6) is 0 Å². The minimum Gasteiger partial charge on any atom is -0.449 e. The predicted octanol–water partition coefficient (Wildman–Crippen LogP) is 1.74. The molecular formula is C13H10N6O. The van der Waals surface area contributed by atoms with Crippen LogP contribution in [0.1, 0.15) is 11.5 Å². The van der Waals surface area contributed by atoms with Gasteiger partial charge in [0.25, 0.3) is 0 Å². The topological polar surface area (TPSA) is 92.6 Å². The molecule has 0 spiro atoms. The maximum absolute atomic E-state index is 8.72. The number of rotatable bonds is 4. The molecule has 0 saturated heterocycles. The standard InChI is InChI=1S/C13H10N6O/c14-7-10-5-6-11(20-10)8-15-12-3-1-2-4-13(12)19-9-16-17-18-19/h1-6,9,15H,8H2. The number of aromatic nitrogens is 4. The Hall–Kier alpha value is -3.14. The van der Waals surface area contributed by atoms with Crippen molar-refractivity contribution < 1.29 is 4.42 Å². The number of anilines is 1. The molecule has 0 saturated carbocycles. The Labute approximate surface area is 114 Å². The number of nitrogens with zero attached hydrogens (tertiary/aromatic N) is 5. The Morgan fingerprint density at radius 3 is 2.90 bits per heavy atom. The Balaban J connectivity index is 1.80. The first-order valence-corrected chi connectivity index (χ1v) is 5.92. The highest BCUT2D eigenvalue weighted by molar-refractivity contribution is 5.60. The van der Waals surface area contributed by atoms with Gasteiger partial charge in [-0.25, -0.2) is 0 Å². The molecule has 0 fully saturated rings. The zero-order valence-electron chi connectivity index (χ0n) is 10.4. The van der Waals surface area contributed by atoms with Crippen LogP contribution in [0.2, 0.25) is 0 Å². The number of hydrogen-bond donors (Lipinski definition) is 1. The van der Waals surface area contributed by atoms with E-state index in [1.165, 1.54) is 6.33 Å². The van der Waals surface area contributed by atoms with E-state index in [1.807, 2.05) is 30.3 Å². The molecule has 0 radical (unpaired) electrons. The van der Waals surface area contributed by atoms with Crippen LogP contribution in [0, 0.1) is 11.3 Å². The van der Waals surface area contributed by atoms with Gasteiger partial charge in [0, 0.05) is 0 Å². The van der Waals surface area contributed by atoms with Crippen molar-refractivity contribution in [1.82, 2.24) is 20.2 Å². The number of benzene rings is 1. The SMILES string of the molecule is N#Cc1ccc(CNc2ccccc2-n2cnnn2)o1. The summed E-state index contributed by atoms with van der Waals surface area (Å²) in [6.07, 6.45) is 1.53. The highest BCUT2D eigenvalue weighted by Crippen LogP contribution is 2.19. The molecule has 2 aromatic heterocycles. The van der Waals surface area contributed by atoms with Crippen molar-refractivity contribution in [3.8, 4) is 11.8 Å². The lowest BCUT2D eigenvalue weighted by Gasteiger charge is -2.09. The van der Waals surface area contributed by atoms with Gasteiger partial charge in [0.15, 0.2) is 0 Å². The fourth-order valence-electron chi connectivity index (χ4n) is 1.81. The maximum atomic E-state index is 8.72. The van der Waals surface area contributed by atoms with Crippen LogP contribution in [-0.2, 0) is 6.54 Å². The van der Waals surface area contributed by atoms with E-state index in [1.54, 1.807) is 16.8 Å². The first-order chi connectivity index (χ1) is 9.86. The third-order valence-electron chi connectivity index (χ3n) is 2.72. The molecule has 2 heterocycles. The summed E-state index contributed by atoms with van der Waals surface area (Å²) < 4.78 is 6.89. The van der Waals surface area contributed by atoms with Crippen LogP contribution >= 0.6 is 0 Å². The summed E-state index contributed by atoms with van der Waals surface area (Å²) >= 11 is 0. The number of nitriles is 1. The van der Waals surface area contributed by atoms with E-state index in [4.69, 9.17) is 9.68 Å². The third kappa shape index (κ3) is 2.35. The van der Waals surface area contributed by atoms with E-state index in [0.29, 0.717) is 18.1 Å². The maximum Gasteiger partial charge on any atom is 0.203 e. The molecule has 98 valence electrons. The van der Waals surface area contributed by atoms with Crippen molar-refractivity contribution in [3.05, 3.63) is 54.2 Å². The average molecular weight is 266 g/mol. The molecule has 0 aliphatic carbocycles. The zero-order valence-corrected chi connectivity index (χ0v) is 10.4. The fraction of sp³-hybridized carbons (Fsp3) is 0.0769. The van der Waals surface area contributed by atoms with Crippen molar-refractivity contribution in [2.75, 3.05) is 5.32 Å². The summed E-state index contributed by atoms with van der Waals surface area (Å²) in [6.45, 7) is 0.473. The molecule has 7 heteroatoms. The van der Waals surface area contributed by atoms with Crippen molar-refractivity contribution in [3.63, 3.8) is 0 Å². The number of para-hydroxylation sites is 2. The molecule has 0 aliphatic heterocycles. The molecule has 3 rings (SSSR count). The van der Waals surface area contributed by atoms with E-state index < -0.39 is 0 Å². The Bertz CT molecular complexity index is 740. The number of hydrogen-bond acceptors (Lipinski definition) is 6. The molecule has 0 atom stereocenters.